The SMILES string of the molecule is C=CCOCCOCCOCCOCCOCCOCCOCCOCCOCCOCCOCCOCCOCCN. The Morgan fingerprint density at radius 2 is 0.442 bits per heavy atom. The van der Waals surface area contributed by atoms with Gasteiger partial charge in [0.1, 0.15) is 0 Å². The van der Waals surface area contributed by atoms with Crippen molar-refractivity contribution in [3.05, 3.63) is 12.7 Å². The Balaban J connectivity index is 3.03. The molecular formula is C29H59NO13. The lowest BCUT2D eigenvalue weighted by Gasteiger charge is -2.09. The van der Waals surface area contributed by atoms with E-state index < -0.39 is 0 Å². The minimum Gasteiger partial charge on any atom is -0.378 e. The van der Waals surface area contributed by atoms with Gasteiger partial charge in [0.05, 0.1) is 172 Å². The summed E-state index contributed by atoms with van der Waals surface area (Å²) in [5, 5.41) is 0. The summed E-state index contributed by atoms with van der Waals surface area (Å²) in [5.74, 6) is 0. The number of rotatable bonds is 40. The summed E-state index contributed by atoms with van der Waals surface area (Å²) in [6.07, 6.45) is 1.71. The average molecular weight is 630 g/mol. The predicted octanol–water partition coefficient (Wildman–Crippen LogP) is 0.347. The molecule has 0 rings (SSSR count). The molecule has 0 fully saturated rings. The number of hydrogen-bond acceptors (Lipinski definition) is 14. The van der Waals surface area contributed by atoms with Crippen LogP contribution in [0.3, 0.4) is 0 Å². The van der Waals surface area contributed by atoms with Crippen LogP contribution in [-0.4, -0.2) is 178 Å². The molecule has 0 saturated heterocycles. The van der Waals surface area contributed by atoms with Gasteiger partial charge in [-0.3, -0.25) is 0 Å². The van der Waals surface area contributed by atoms with Gasteiger partial charge < -0.3 is 67.3 Å². The largest absolute Gasteiger partial charge is 0.378 e. The summed E-state index contributed by atoms with van der Waals surface area (Å²) < 4.78 is 70.2. The van der Waals surface area contributed by atoms with E-state index >= 15 is 0 Å². The Morgan fingerprint density at radius 3 is 0.605 bits per heavy atom. The third-order valence-corrected chi connectivity index (χ3v) is 4.96. The van der Waals surface area contributed by atoms with Crippen LogP contribution in [-0.2, 0) is 61.6 Å². The first-order chi connectivity index (χ1) is 21.4. The fraction of sp³-hybridized carbons (Fsp3) is 0.931. The van der Waals surface area contributed by atoms with Gasteiger partial charge >= 0.3 is 0 Å². The fourth-order valence-electron chi connectivity index (χ4n) is 2.89. The van der Waals surface area contributed by atoms with E-state index in [1.807, 2.05) is 0 Å². The van der Waals surface area contributed by atoms with E-state index in [1.165, 1.54) is 0 Å². The van der Waals surface area contributed by atoms with E-state index in [0.29, 0.717) is 178 Å². The van der Waals surface area contributed by atoms with Crippen molar-refractivity contribution in [2.75, 3.05) is 178 Å². The predicted molar refractivity (Wildman–Crippen MR) is 160 cm³/mol. The number of nitrogens with two attached hydrogens (primary N) is 1. The van der Waals surface area contributed by atoms with Crippen LogP contribution in [0.25, 0.3) is 0 Å². The molecule has 0 aliphatic heterocycles. The molecule has 0 heterocycles. The van der Waals surface area contributed by atoms with Crippen molar-refractivity contribution in [1.29, 1.82) is 0 Å². The van der Waals surface area contributed by atoms with Gasteiger partial charge in [-0.05, 0) is 0 Å². The lowest BCUT2D eigenvalue weighted by Crippen LogP contribution is -2.16. The van der Waals surface area contributed by atoms with Gasteiger partial charge in [-0.1, -0.05) is 6.08 Å². The molecule has 0 saturated carbocycles. The second-order valence-corrected chi connectivity index (χ2v) is 8.50. The van der Waals surface area contributed by atoms with Crippen LogP contribution in [0.2, 0.25) is 0 Å². The maximum absolute atomic E-state index is 5.47. The first-order valence-electron chi connectivity index (χ1n) is 15.2. The molecule has 0 atom stereocenters. The van der Waals surface area contributed by atoms with Crippen LogP contribution in [0.15, 0.2) is 12.7 Å². The van der Waals surface area contributed by atoms with E-state index in [0.717, 1.165) is 0 Å². The molecule has 0 bridgehead atoms. The first kappa shape index (κ1) is 42.2. The zero-order chi connectivity index (χ0) is 31.0. The molecule has 0 aromatic carbocycles. The van der Waals surface area contributed by atoms with Crippen LogP contribution in [0.5, 0.6) is 0 Å². The highest BCUT2D eigenvalue weighted by Crippen LogP contribution is 1.87. The standard InChI is InChI=1S/C29H59NO13/c1-2-4-31-6-8-33-10-12-35-14-16-37-18-20-39-22-24-41-26-28-43-29-27-42-25-23-40-21-19-38-17-15-36-13-11-34-9-7-32-5-3-30/h2H,1,3-30H2. The third kappa shape index (κ3) is 41.2. The molecule has 0 amide bonds. The Bertz CT molecular complexity index is 509. The molecular weight excluding hydrogens is 570 g/mol. The second kappa shape index (κ2) is 41.2. The summed E-state index contributed by atoms with van der Waals surface area (Å²) in [4.78, 5) is 0. The lowest BCUT2D eigenvalue weighted by atomic mass is 10.6. The highest BCUT2D eigenvalue weighted by atomic mass is 16.6. The van der Waals surface area contributed by atoms with Gasteiger partial charge in [-0.25, -0.2) is 0 Å². The minimum absolute atomic E-state index is 0.509. The molecule has 0 spiro atoms. The number of ether oxygens (including phenoxy) is 13. The van der Waals surface area contributed by atoms with Crippen molar-refractivity contribution in [1.82, 2.24) is 0 Å². The van der Waals surface area contributed by atoms with Crippen molar-refractivity contribution in [3.63, 3.8) is 0 Å². The first-order valence-corrected chi connectivity index (χ1v) is 15.2. The molecule has 0 aromatic heterocycles. The Labute approximate surface area is 258 Å². The number of hydrogen-bond donors (Lipinski definition) is 1. The van der Waals surface area contributed by atoms with E-state index in [4.69, 9.17) is 67.3 Å². The molecule has 0 aliphatic carbocycles. The summed E-state index contributed by atoms with van der Waals surface area (Å²) in [7, 11) is 0. The zero-order valence-electron chi connectivity index (χ0n) is 26.3. The maximum Gasteiger partial charge on any atom is 0.0704 e. The van der Waals surface area contributed by atoms with Gasteiger partial charge in [0, 0.05) is 6.54 Å². The molecule has 43 heavy (non-hydrogen) atoms. The smallest absolute Gasteiger partial charge is 0.0704 e. The summed E-state index contributed by atoms with van der Waals surface area (Å²) in [6, 6.07) is 0. The normalized spacial score (nSPS) is 11.5. The Morgan fingerprint density at radius 1 is 0.279 bits per heavy atom. The van der Waals surface area contributed by atoms with Crippen molar-refractivity contribution >= 4 is 0 Å². The van der Waals surface area contributed by atoms with Crippen LogP contribution >= 0.6 is 0 Å². The van der Waals surface area contributed by atoms with Gasteiger partial charge in [0.25, 0.3) is 0 Å². The van der Waals surface area contributed by atoms with Gasteiger partial charge in [0.15, 0.2) is 0 Å². The molecule has 0 radical (unpaired) electrons. The topological polar surface area (TPSA) is 146 Å². The van der Waals surface area contributed by atoms with Crippen LogP contribution in [0.1, 0.15) is 0 Å². The monoisotopic (exact) mass is 629 g/mol. The molecule has 258 valence electrons. The summed E-state index contributed by atoms with van der Waals surface area (Å²) in [5.41, 5.74) is 5.33. The van der Waals surface area contributed by atoms with Gasteiger partial charge in [-0.15, -0.1) is 6.58 Å². The second-order valence-electron chi connectivity index (χ2n) is 8.50. The molecule has 14 heteroatoms. The van der Waals surface area contributed by atoms with Gasteiger partial charge in [-0.2, -0.15) is 0 Å². The molecule has 14 nitrogen and oxygen atoms in total. The van der Waals surface area contributed by atoms with E-state index in [2.05, 4.69) is 6.58 Å². The molecule has 0 aromatic rings. The zero-order valence-corrected chi connectivity index (χ0v) is 26.3. The summed E-state index contributed by atoms with van der Waals surface area (Å²) in [6.45, 7) is 17.8. The molecule has 0 aliphatic rings. The van der Waals surface area contributed by atoms with Crippen molar-refractivity contribution < 1.29 is 61.6 Å². The third-order valence-electron chi connectivity index (χ3n) is 4.96. The quantitative estimate of drug-likeness (QED) is 0.0734. The van der Waals surface area contributed by atoms with Crippen molar-refractivity contribution in [2.45, 2.75) is 0 Å². The van der Waals surface area contributed by atoms with Crippen LogP contribution < -0.4 is 5.73 Å². The Hall–Kier alpha value is -0.820. The molecule has 0 unspecified atom stereocenters. The van der Waals surface area contributed by atoms with E-state index in [1.54, 1.807) is 6.08 Å². The summed E-state index contributed by atoms with van der Waals surface area (Å²) >= 11 is 0. The van der Waals surface area contributed by atoms with Crippen LogP contribution in [0, 0.1) is 0 Å². The van der Waals surface area contributed by atoms with E-state index in [9.17, 15) is 0 Å². The highest BCUT2D eigenvalue weighted by Gasteiger charge is 1.96. The van der Waals surface area contributed by atoms with Crippen molar-refractivity contribution in [2.24, 2.45) is 5.73 Å². The maximum atomic E-state index is 5.47. The van der Waals surface area contributed by atoms with Gasteiger partial charge in [0.2, 0.25) is 0 Å². The fourth-order valence-corrected chi connectivity index (χ4v) is 2.89. The highest BCUT2D eigenvalue weighted by molar-refractivity contribution is 4.63. The van der Waals surface area contributed by atoms with Crippen molar-refractivity contribution in [3.8, 4) is 0 Å². The average Bonchev–Trinajstić information content (AvgIpc) is 3.02. The van der Waals surface area contributed by atoms with Crippen LogP contribution in [0.4, 0.5) is 0 Å². The Kier molecular flexibility index (Phi) is 40.4. The van der Waals surface area contributed by atoms with E-state index in [-0.39, 0.29) is 0 Å². The lowest BCUT2D eigenvalue weighted by molar-refractivity contribution is -0.0288. The minimum atomic E-state index is 0.509. The molecule has 2 N–H and O–H groups in total.